The first-order valence-corrected chi connectivity index (χ1v) is 5.82. The Labute approximate surface area is 87.9 Å². The van der Waals surface area contributed by atoms with E-state index in [9.17, 15) is 4.79 Å². The van der Waals surface area contributed by atoms with Crippen LogP contribution in [-0.4, -0.2) is 20.6 Å². The summed E-state index contributed by atoms with van der Waals surface area (Å²) in [6.07, 6.45) is 7.69. The third-order valence-electron chi connectivity index (χ3n) is 2.52. The van der Waals surface area contributed by atoms with Crippen molar-refractivity contribution in [3.8, 4) is 0 Å². The van der Waals surface area contributed by atoms with E-state index in [-0.39, 0.29) is 5.25 Å². The molecular formula is C10H14N2OS. The Bertz CT molecular complexity index is 335. The number of nitrogens with zero attached hydrogens (tertiary/aromatic N) is 2. The van der Waals surface area contributed by atoms with Crippen LogP contribution in [-0.2, 0) is 11.8 Å². The number of rotatable bonds is 2. The number of imidazole rings is 1. The monoisotopic (exact) mass is 210 g/mol. The number of hydrogen-bond acceptors (Lipinski definition) is 3. The molecule has 0 amide bonds. The lowest BCUT2D eigenvalue weighted by Crippen LogP contribution is -2.21. The fourth-order valence-electron chi connectivity index (χ4n) is 1.67. The van der Waals surface area contributed by atoms with Crippen LogP contribution >= 0.6 is 11.8 Å². The highest BCUT2D eigenvalue weighted by Gasteiger charge is 2.24. The van der Waals surface area contributed by atoms with Gasteiger partial charge in [0.1, 0.15) is 5.78 Å². The second-order valence-electron chi connectivity index (χ2n) is 3.64. The number of aryl methyl sites for hydroxylation is 1. The van der Waals surface area contributed by atoms with Gasteiger partial charge in [-0.15, -0.1) is 0 Å². The van der Waals surface area contributed by atoms with Gasteiger partial charge in [0.25, 0.3) is 0 Å². The third kappa shape index (κ3) is 2.00. The lowest BCUT2D eigenvalue weighted by Gasteiger charge is -2.19. The summed E-state index contributed by atoms with van der Waals surface area (Å²) in [6, 6.07) is 0. The van der Waals surface area contributed by atoms with Crippen LogP contribution < -0.4 is 0 Å². The SMILES string of the molecule is Cn1ccnc1SC1CCCCC1=O. The van der Waals surface area contributed by atoms with Gasteiger partial charge in [-0.1, -0.05) is 18.2 Å². The fraction of sp³-hybridized carbons (Fsp3) is 0.600. The van der Waals surface area contributed by atoms with Crippen LogP contribution in [0.5, 0.6) is 0 Å². The van der Waals surface area contributed by atoms with Crippen molar-refractivity contribution in [2.45, 2.75) is 36.1 Å². The summed E-state index contributed by atoms with van der Waals surface area (Å²) in [6.45, 7) is 0. The molecule has 1 fully saturated rings. The predicted octanol–water partition coefficient (Wildman–Crippen LogP) is 2.02. The molecule has 2 rings (SSSR count). The van der Waals surface area contributed by atoms with Gasteiger partial charge in [0.2, 0.25) is 0 Å². The molecule has 3 nitrogen and oxygen atoms in total. The zero-order valence-electron chi connectivity index (χ0n) is 8.27. The van der Waals surface area contributed by atoms with E-state index in [1.54, 1.807) is 18.0 Å². The molecule has 76 valence electrons. The molecule has 0 radical (unpaired) electrons. The Morgan fingerprint density at radius 3 is 3.07 bits per heavy atom. The maximum atomic E-state index is 11.6. The van der Waals surface area contributed by atoms with Gasteiger partial charge < -0.3 is 4.57 Å². The molecule has 1 aromatic heterocycles. The number of Topliss-reactive ketones (excluding diaryl/α,β-unsaturated/α-hetero) is 1. The Kier molecular flexibility index (Phi) is 2.91. The summed E-state index contributed by atoms with van der Waals surface area (Å²) < 4.78 is 1.96. The molecule has 1 unspecified atom stereocenters. The molecule has 0 bridgehead atoms. The van der Waals surface area contributed by atoms with E-state index in [0.717, 1.165) is 24.4 Å². The number of ketones is 1. The van der Waals surface area contributed by atoms with Gasteiger partial charge in [-0.3, -0.25) is 4.79 Å². The first-order valence-electron chi connectivity index (χ1n) is 4.94. The second-order valence-corrected chi connectivity index (χ2v) is 4.81. The Balaban J connectivity index is 2.03. The zero-order valence-corrected chi connectivity index (χ0v) is 9.09. The summed E-state index contributed by atoms with van der Waals surface area (Å²) in [5, 5.41) is 1.09. The second kappa shape index (κ2) is 4.17. The van der Waals surface area contributed by atoms with Crippen molar-refractivity contribution < 1.29 is 4.79 Å². The molecule has 1 saturated carbocycles. The average Bonchev–Trinajstić information content (AvgIpc) is 2.56. The minimum absolute atomic E-state index is 0.143. The summed E-state index contributed by atoms with van der Waals surface area (Å²) in [7, 11) is 1.96. The lowest BCUT2D eigenvalue weighted by molar-refractivity contribution is -0.119. The smallest absolute Gasteiger partial charge is 0.168 e. The summed E-state index contributed by atoms with van der Waals surface area (Å²) >= 11 is 1.61. The Hall–Kier alpha value is -0.770. The van der Waals surface area contributed by atoms with Gasteiger partial charge in [0.15, 0.2) is 5.16 Å². The molecule has 4 heteroatoms. The zero-order chi connectivity index (χ0) is 9.97. The number of thioether (sulfide) groups is 1. The van der Waals surface area contributed by atoms with Crippen LogP contribution in [0.25, 0.3) is 0 Å². The largest absolute Gasteiger partial charge is 0.329 e. The van der Waals surface area contributed by atoms with Crippen molar-refractivity contribution >= 4 is 17.5 Å². The normalized spacial score (nSPS) is 22.6. The van der Waals surface area contributed by atoms with Crippen molar-refractivity contribution in [3.63, 3.8) is 0 Å². The van der Waals surface area contributed by atoms with Crippen molar-refractivity contribution in [3.05, 3.63) is 12.4 Å². The van der Waals surface area contributed by atoms with Crippen LogP contribution in [0.2, 0.25) is 0 Å². The van der Waals surface area contributed by atoms with Crippen molar-refractivity contribution in [1.82, 2.24) is 9.55 Å². The summed E-state index contributed by atoms with van der Waals surface area (Å²) in [5.74, 6) is 0.393. The topological polar surface area (TPSA) is 34.9 Å². The van der Waals surface area contributed by atoms with Gasteiger partial charge in [0, 0.05) is 25.9 Å². The minimum atomic E-state index is 0.143. The summed E-state index contributed by atoms with van der Waals surface area (Å²) in [5.41, 5.74) is 0. The molecule has 0 spiro atoms. The molecule has 1 aromatic rings. The Morgan fingerprint density at radius 1 is 1.57 bits per heavy atom. The van der Waals surface area contributed by atoms with Crippen molar-refractivity contribution in [2.75, 3.05) is 0 Å². The maximum Gasteiger partial charge on any atom is 0.168 e. The van der Waals surface area contributed by atoms with Crippen LogP contribution in [0.4, 0.5) is 0 Å². The standard InChI is InChI=1S/C10H14N2OS/c1-12-7-6-11-10(12)14-9-5-3-2-4-8(9)13/h6-7,9H,2-5H2,1H3. The van der Waals surface area contributed by atoms with Crippen LogP contribution in [0.1, 0.15) is 25.7 Å². The van der Waals surface area contributed by atoms with Crippen LogP contribution in [0.3, 0.4) is 0 Å². The van der Waals surface area contributed by atoms with Crippen molar-refractivity contribution in [2.24, 2.45) is 7.05 Å². The van der Waals surface area contributed by atoms with Gasteiger partial charge >= 0.3 is 0 Å². The quantitative estimate of drug-likeness (QED) is 0.749. The first kappa shape index (κ1) is 9.77. The molecule has 1 aliphatic rings. The minimum Gasteiger partial charge on any atom is -0.329 e. The van der Waals surface area contributed by atoms with E-state index in [1.807, 2.05) is 17.8 Å². The highest BCUT2D eigenvalue weighted by atomic mass is 32.2. The lowest BCUT2D eigenvalue weighted by atomic mass is 9.99. The highest BCUT2D eigenvalue weighted by Crippen LogP contribution is 2.30. The number of carbonyl (C=O) groups is 1. The van der Waals surface area contributed by atoms with Gasteiger partial charge in [-0.2, -0.15) is 0 Å². The molecule has 1 heterocycles. The van der Waals surface area contributed by atoms with E-state index >= 15 is 0 Å². The number of hydrogen-bond donors (Lipinski definition) is 0. The fourth-order valence-corrected chi connectivity index (χ4v) is 2.81. The Morgan fingerprint density at radius 2 is 2.43 bits per heavy atom. The number of carbonyl (C=O) groups excluding carboxylic acids is 1. The maximum absolute atomic E-state index is 11.6. The van der Waals surface area contributed by atoms with E-state index in [4.69, 9.17) is 0 Å². The highest BCUT2D eigenvalue weighted by molar-refractivity contribution is 8.00. The molecule has 0 N–H and O–H groups in total. The van der Waals surface area contributed by atoms with Gasteiger partial charge in [-0.25, -0.2) is 4.98 Å². The average molecular weight is 210 g/mol. The molecule has 0 saturated heterocycles. The van der Waals surface area contributed by atoms with E-state index in [2.05, 4.69) is 4.98 Å². The van der Waals surface area contributed by atoms with Gasteiger partial charge in [-0.05, 0) is 12.8 Å². The van der Waals surface area contributed by atoms with E-state index in [1.165, 1.54) is 6.42 Å². The number of aromatic nitrogens is 2. The van der Waals surface area contributed by atoms with Crippen molar-refractivity contribution in [1.29, 1.82) is 0 Å². The predicted molar refractivity (Wildman–Crippen MR) is 56.3 cm³/mol. The molecule has 1 aliphatic carbocycles. The molecule has 0 aromatic carbocycles. The molecule has 14 heavy (non-hydrogen) atoms. The van der Waals surface area contributed by atoms with E-state index in [0.29, 0.717) is 5.78 Å². The third-order valence-corrected chi connectivity index (χ3v) is 3.91. The van der Waals surface area contributed by atoms with Gasteiger partial charge in [0.05, 0.1) is 5.25 Å². The van der Waals surface area contributed by atoms with Crippen LogP contribution in [0, 0.1) is 0 Å². The summed E-state index contributed by atoms with van der Waals surface area (Å²) in [4.78, 5) is 15.8. The first-order chi connectivity index (χ1) is 6.77. The van der Waals surface area contributed by atoms with E-state index < -0.39 is 0 Å². The molecular weight excluding hydrogens is 196 g/mol. The molecule has 1 atom stereocenters. The molecule has 0 aliphatic heterocycles. The van der Waals surface area contributed by atoms with Crippen LogP contribution in [0.15, 0.2) is 17.6 Å².